The second-order valence-electron chi connectivity index (χ2n) is 1.54. The van der Waals surface area contributed by atoms with Crippen LogP contribution in [-0.2, 0) is 4.79 Å². The summed E-state index contributed by atoms with van der Waals surface area (Å²) in [5.74, 6) is 0. The third-order valence-electron chi connectivity index (χ3n) is 0.804. The first-order valence-electron chi connectivity index (χ1n) is 2.65. The van der Waals surface area contributed by atoms with Gasteiger partial charge in [-0.15, -0.1) is 0 Å². The summed E-state index contributed by atoms with van der Waals surface area (Å²) in [6, 6.07) is 7.02. The standard InChI is InChI=1S/C6H4Cl2.CHNO/c7-5-1-2-6(8)4-3-5;2-1-3/h1-4H;2H. The van der Waals surface area contributed by atoms with E-state index in [1.54, 1.807) is 24.3 Å². The van der Waals surface area contributed by atoms with E-state index in [4.69, 9.17) is 33.4 Å². The maximum Gasteiger partial charge on any atom is 0.231 e. The summed E-state index contributed by atoms with van der Waals surface area (Å²) in [5, 5.41) is 6.84. The largest absolute Gasteiger partial charge is 0.231 e. The van der Waals surface area contributed by atoms with Crippen LogP contribution in [0.5, 0.6) is 0 Å². The van der Waals surface area contributed by atoms with E-state index in [2.05, 4.69) is 0 Å². The molecule has 0 aromatic heterocycles. The van der Waals surface area contributed by atoms with Crippen molar-refractivity contribution in [1.29, 1.82) is 5.41 Å². The molecule has 58 valence electrons. The fraction of sp³-hybridized carbons (Fsp3) is 0. The van der Waals surface area contributed by atoms with Crippen molar-refractivity contribution in [3.8, 4) is 0 Å². The minimum Gasteiger partial charge on any atom is -0.222 e. The molecule has 0 bridgehead atoms. The van der Waals surface area contributed by atoms with Crippen molar-refractivity contribution in [1.82, 2.24) is 0 Å². The van der Waals surface area contributed by atoms with Gasteiger partial charge in [-0.2, -0.15) is 0 Å². The lowest BCUT2D eigenvalue weighted by molar-refractivity contribution is 0.563. The van der Waals surface area contributed by atoms with Gasteiger partial charge in [0.05, 0.1) is 0 Å². The molecule has 0 aliphatic rings. The number of rotatable bonds is 0. The highest BCUT2D eigenvalue weighted by Crippen LogP contribution is 2.12. The number of benzene rings is 1. The van der Waals surface area contributed by atoms with Crippen LogP contribution in [-0.4, -0.2) is 6.08 Å². The van der Waals surface area contributed by atoms with Gasteiger partial charge in [-0.1, -0.05) is 23.2 Å². The van der Waals surface area contributed by atoms with E-state index in [0.717, 1.165) is 16.1 Å². The molecule has 11 heavy (non-hydrogen) atoms. The van der Waals surface area contributed by atoms with Crippen molar-refractivity contribution >= 4 is 29.3 Å². The summed E-state index contributed by atoms with van der Waals surface area (Å²) < 4.78 is 0. The lowest BCUT2D eigenvalue weighted by atomic mass is 10.4. The number of halogens is 2. The Bertz CT molecular complexity index is 218. The average molecular weight is 190 g/mol. The van der Waals surface area contributed by atoms with Gasteiger partial charge in [-0.25, -0.2) is 10.2 Å². The second-order valence-corrected chi connectivity index (χ2v) is 2.41. The molecule has 0 saturated carbocycles. The van der Waals surface area contributed by atoms with E-state index in [-0.39, 0.29) is 0 Å². The zero-order valence-corrected chi connectivity index (χ0v) is 6.99. The second kappa shape index (κ2) is 5.93. The van der Waals surface area contributed by atoms with Gasteiger partial charge in [0.1, 0.15) is 0 Å². The molecule has 0 aliphatic heterocycles. The van der Waals surface area contributed by atoms with Crippen LogP contribution in [0.3, 0.4) is 0 Å². The summed E-state index contributed by atoms with van der Waals surface area (Å²) in [7, 11) is 0. The number of hydrogen-bond donors (Lipinski definition) is 1. The van der Waals surface area contributed by atoms with E-state index < -0.39 is 0 Å². The minimum atomic E-state index is 0.717. The topological polar surface area (TPSA) is 40.9 Å². The highest BCUT2D eigenvalue weighted by Gasteiger charge is 1.83. The van der Waals surface area contributed by atoms with Gasteiger partial charge in [0.15, 0.2) is 0 Å². The normalized spacial score (nSPS) is 7.45. The predicted octanol–water partition coefficient (Wildman–Crippen LogP) is 2.89. The molecule has 2 nitrogen and oxygen atoms in total. The van der Waals surface area contributed by atoms with Crippen LogP contribution in [0.1, 0.15) is 0 Å². The Morgan fingerprint density at radius 1 is 1.09 bits per heavy atom. The molecule has 0 amide bonds. The van der Waals surface area contributed by atoms with Crippen LogP contribution in [0.15, 0.2) is 24.3 Å². The van der Waals surface area contributed by atoms with Crippen LogP contribution in [0.2, 0.25) is 10.0 Å². The molecule has 1 rings (SSSR count). The molecule has 1 N–H and O–H groups in total. The molecule has 0 spiro atoms. The van der Waals surface area contributed by atoms with Crippen LogP contribution < -0.4 is 0 Å². The van der Waals surface area contributed by atoms with Crippen LogP contribution in [0, 0.1) is 5.41 Å². The highest BCUT2D eigenvalue weighted by atomic mass is 35.5. The number of hydrogen-bond acceptors (Lipinski definition) is 2. The quantitative estimate of drug-likeness (QED) is 0.495. The van der Waals surface area contributed by atoms with Gasteiger partial charge in [0.2, 0.25) is 6.08 Å². The molecular weight excluding hydrogens is 185 g/mol. The van der Waals surface area contributed by atoms with Crippen LogP contribution in [0.4, 0.5) is 0 Å². The van der Waals surface area contributed by atoms with Gasteiger partial charge >= 0.3 is 0 Å². The van der Waals surface area contributed by atoms with Gasteiger partial charge < -0.3 is 0 Å². The van der Waals surface area contributed by atoms with E-state index in [1.165, 1.54) is 0 Å². The van der Waals surface area contributed by atoms with Gasteiger partial charge in [-0.05, 0) is 24.3 Å². The maximum absolute atomic E-state index is 8.35. The zero-order valence-electron chi connectivity index (χ0n) is 5.47. The molecule has 0 atom stereocenters. The van der Waals surface area contributed by atoms with Crippen LogP contribution in [0.25, 0.3) is 0 Å². The fourth-order valence-corrected chi connectivity index (χ4v) is 0.682. The zero-order chi connectivity index (χ0) is 8.69. The monoisotopic (exact) mass is 189 g/mol. The molecule has 1 aromatic carbocycles. The summed E-state index contributed by atoms with van der Waals surface area (Å²) in [4.78, 5) is 8.35. The van der Waals surface area contributed by atoms with Crippen molar-refractivity contribution in [2.24, 2.45) is 0 Å². The number of nitrogens with one attached hydrogen (secondary N) is 1. The summed E-state index contributed by atoms with van der Waals surface area (Å²) in [6.45, 7) is 0. The molecule has 0 unspecified atom stereocenters. The Balaban J connectivity index is 0.000000292. The van der Waals surface area contributed by atoms with Crippen molar-refractivity contribution < 1.29 is 4.79 Å². The maximum atomic E-state index is 8.35. The SMILES string of the molecule is Clc1ccc(Cl)cc1.N=C=O. The van der Waals surface area contributed by atoms with Crippen molar-refractivity contribution in [3.05, 3.63) is 34.3 Å². The smallest absolute Gasteiger partial charge is 0.222 e. The summed E-state index contributed by atoms with van der Waals surface area (Å²) >= 11 is 11.1. The number of carbonyl (C=O) groups excluding carboxylic acids is 1. The minimum absolute atomic E-state index is 0.717. The molecule has 0 radical (unpaired) electrons. The van der Waals surface area contributed by atoms with Gasteiger partial charge in [0.25, 0.3) is 0 Å². The Labute approximate surface area is 74.3 Å². The summed E-state index contributed by atoms with van der Waals surface area (Å²) in [6.07, 6.45) is 0.750. The first-order valence-corrected chi connectivity index (χ1v) is 3.41. The Morgan fingerprint density at radius 3 is 1.45 bits per heavy atom. The lowest BCUT2D eigenvalue weighted by Gasteiger charge is -1.86. The Kier molecular flexibility index (Phi) is 5.49. The van der Waals surface area contributed by atoms with E-state index in [1.807, 2.05) is 0 Å². The number of isocyanates is 1. The third kappa shape index (κ3) is 5.62. The molecule has 0 fully saturated rings. The average Bonchev–Trinajstić information content (AvgIpc) is 1.97. The lowest BCUT2D eigenvalue weighted by Crippen LogP contribution is -1.60. The molecule has 4 heteroatoms. The van der Waals surface area contributed by atoms with Gasteiger partial charge in [0, 0.05) is 10.0 Å². The predicted molar refractivity (Wildman–Crippen MR) is 44.9 cm³/mol. The molecule has 1 aromatic rings. The molecule has 0 aliphatic carbocycles. The molecule has 0 heterocycles. The van der Waals surface area contributed by atoms with Gasteiger partial charge in [-0.3, -0.25) is 0 Å². The van der Waals surface area contributed by atoms with Crippen molar-refractivity contribution in [2.45, 2.75) is 0 Å². The van der Waals surface area contributed by atoms with E-state index >= 15 is 0 Å². The molecular formula is C7H5Cl2NO. The third-order valence-corrected chi connectivity index (χ3v) is 1.31. The first-order chi connectivity index (χ1) is 5.20. The van der Waals surface area contributed by atoms with Crippen molar-refractivity contribution in [2.75, 3.05) is 0 Å². The fourth-order valence-electron chi connectivity index (χ4n) is 0.430. The summed E-state index contributed by atoms with van der Waals surface area (Å²) in [5.41, 5.74) is 0. The first kappa shape index (κ1) is 10.2. The Hall–Kier alpha value is -0.820. The molecule has 0 saturated heterocycles. The van der Waals surface area contributed by atoms with E-state index in [0.29, 0.717) is 0 Å². The van der Waals surface area contributed by atoms with Crippen molar-refractivity contribution in [3.63, 3.8) is 0 Å². The highest BCUT2D eigenvalue weighted by molar-refractivity contribution is 6.32. The van der Waals surface area contributed by atoms with Crippen LogP contribution >= 0.6 is 23.2 Å². The Morgan fingerprint density at radius 2 is 1.27 bits per heavy atom. The van der Waals surface area contributed by atoms with E-state index in [9.17, 15) is 0 Å².